The molecule has 3 amide bonds. The van der Waals surface area contributed by atoms with Crippen LogP contribution in [0.2, 0.25) is 0 Å². The van der Waals surface area contributed by atoms with Gasteiger partial charge in [0.2, 0.25) is 5.91 Å². The van der Waals surface area contributed by atoms with Gasteiger partial charge in [0.25, 0.3) is 0 Å². The second-order valence-electron chi connectivity index (χ2n) is 13.7. The van der Waals surface area contributed by atoms with Crippen molar-refractivity contribution in [3.05, 3.63) is 29.6 Å². The Balaban J connectivity index is 1.17. The second kappa shape index (κ2) is 11.0. The predicted molar refractivity (Wildman–Crippen MR) is 147 cm³/mol. The van der Waals surface area contributed by atoms with Gasteiger partial charge in [-0.25, -0.2) is 9.18 Å². The lowest BCUT2D eigenvalue weighted by molar-refractivity contribution is -0.138. The maximum absolute atomic E-state index is 15.1. The van der Waals surface area contributed by atoms with Gasteiger partial charge in [-0.05, 0) is 92.4 Å². The fraction of sp³-hybridized carbons (Fsp3) is 0.733. The first-order chi connectivity index (χ1) is 18.5. The van der Waals surface area contributed by atoms with E-state index in [0.29, 0.717) is 19.0 Å². The Hall–Kier alpha value is -2.23. The van der Waals surface area contributed by atoms with Crippen molar-refractivity contribution in [1.82, 2.24) is 15.1 Å². The third kappa shape index (κ3) is 6.25. The molecule has 5 fully saturated rings. The van der Waals surface area contributed by atoms with Crippen molar-refractivity contribution < 1.29 is 24.2 Å². The molecule has 3 unspecified atom stereocenters. The fourth-order valence-corrected chi connectivity index (χ4v) is 9.23. The number of piperidine rings is 1. The Morgan fingerprint density at radius 3 is 2.38 bits per heavy atom. The van der Waals surface area contributed by atoms with Gasteiger partial charge >= 0.3 is 6.03 Å². The Morgan fingerprint density at radius 1 is 1.08 bits per heavy atom. The summed E-state index contributed by atoms with van der Waals surface area (Å²) in [5.41, 5.74) is 1.32. The highest BCUT2D eigenvalue weighted by molar-refractivity contribution is 5.90. The van der Waals surface area contributed by atoms with Crippen LogP contribution in [0.1, 0.15) is 70.8 Å². The quantitative estimate of drug-likeness (QED) is 0.379. The van der Waals surface area contributed by atoms with E-state index in [-0.39, 0.29) is 66.2 Å². The first kappa shape index (κ1) is 28.3. The normalized spacial score (nSPS) is 33.7. The number of likely N-dealkylation sites (tertiary alicyclic amines) is 1. The highest BCUT2D eigenvalue weighted by Crippen LogP contribution is 2.66. The summed E-state index contributed by atoms with van der Waals surface area (Å²) in [6, 6.07) is 4.60. The van der Waals surface area contributed by atoms with Crippen LogP contribution in [0.3, 0.4) is 0 Å². The summed E-state index contributed by atoms with van der Waals surface area (Å²) in [6.07, 6.45) is 8.35. The number of carbonyl (C=O) groups excluding carboxylic acids is 2. The molecule has 1 aromatic carbocycles. The third-order valence-electron chi connectivity index (χ3n) is 9.60. The van der Waals surface area contributed by atoms with Crippen molar-refractivity contribution in [3.63, 3.8) is 0 Å². The summed E-state index contributed by atoms with van der Waals surface area (Å²) in [4.78, 5) is 29.6. The van der Waals surface area contributed by atoms with Crippen LogP contribution in [0.15, 0.2) is 18.2 Å². The molecule has 6 rings (SSSR count). The Labute approximate surface area is 231 Å². The number of urea groups is 1. The summed E-state index contributed by atoms with van der Waals surface area (Å²) in [5.74, 6) is -0.0690. The molecule has 4 bridgehead atoms. The molecule has 216 valence electrons. The zero-order chi connectivity index (χ0) is 27.8. The Kier molecular flexibility index (Phi) is 7.97. The molecule has 4 saturated carbocycles. The van der Waals surface area contributed by atoms with Crippen molar-refractivity contribution in [1.29, 1.82) is 0 Å². The van der Waals surface area contributed by atoms with Gasteiger partial charge in [0.05, 0.1) is 24.8 Å². The number of hydrogen-bond acceptors (Lipinski definition) is 5. The minimum absolute atomic E-state index is 0.0541. The van der Waals surface area contributed by atoms with Gasteiger partial charge in [-0.2, -0.15) is 0 Å². The molecule has 0 aromatic heterocycles. The monoisotopic (exact) mass is 544 g/mol. The standard InChI is InChI=1S/C30H45FN4O4/c1-28-13-22-14-29(2,18-28)20-30(15-22,19-28)33-27(39)32-25-6-5-21(12-24(25)31)16-34-7-3-4-23(17-34)26(38)35(8-10-36)9-11-37/h5-6,12,22-23,36-37H,3-4,7-11,13-20H2,1-2H3,(H2,32,33,39)/t22?,23?,28-,29+,30?. The lowest BCUT2D eigenvalue weighted by Crippen LogP contribution is -2.65. The van der Waals surface area contributed by atoms with Crippen LogP contribution >= 0.6 is 0 Å². The predicted octanol–water partition coefficient (Wildman–Crippen LogP) is 3.72. The van der Waals surface area contributed by atoms with Crippen molar-refractivity contribution in [2.24, 2.45) is 22.7 Å². The summed E-state index contributed by atoms with van der Waals surface area (Å²) in [6.45, 7) is 6.75. The summed E-state index contributed by atoms with van der Waals surface area (Å²) < 4.78 is 15.1. The molecular formula is C30H45FN4O4. The second-order valence-corrected chi connectivity index (χ2v) is 13.7. The molecule has 4 N–H and O–H groups in total. The van der Waals surface area contributed by atoms with Crippen LogP contribution in [0.25, 0.3) is 0 Å². The number of aliphatic hydroxyl groups excluding tert-OH is 2. The lowest BCUT2D eigenvalue weighted by atomic mass is 9.43. The van der Waals surface area contributed by atoms with Gasteiger partial charge in [0.1, 0.15) is 5.82 Å². The molecule has 1 heterocycles. The van der Waals surface area contributed by atoms with Gasteiger partial charge in [-0.3, -0.25) is 9.69 Å². The first-order valence-electron chi connectivity index (χ1n) is 14.6. The average molecular weight is 545 g/mol. The summed E-state index contributed by atoms with van der Waals surface area (Å²) >= 11 is 0. The van der Waals surface area contributed by atoms with Crippen LogP contribution in [-0.2, 0) is 11.3 Å². The number of hydrogen-bond donors (Lipinski definition) is 4. The maximum atomic E-state index is 15.1. The van der Waals surface area contributed by atoms with Crippen LogP contribution < -0.4 is 10.6 Å². The van der Waals surface area contributed by atoms with Gasteiger partial charge in [-0.1, -0.05) is 19.9 Å². The number of aliphatic hydroxyl groups is 2. The zero-order valence-corrected chi connectivity index (χ0v) is 23.5. The zero-order valence-electron chi connectivity index (χ0n) is 23.5. The number of anilines is 1. The van der Waals surface area contributed by atoms with E-state index < -0.39 is 5.82 Å². The highest BCUT2D eigenvalue weighted by Gasteiger charge is 2.60. The topological polar surface area (TPSA) is 105 Å². The highest BCUT2D eigenvalue weighted by atomic mass is 19.1. The Bertz CT molecular complexity index is 1060. The number of carbonyl (C=O) groups is 2. The largest absolute Gasteiger partial charge is 0.395 e. The smallest absolute Gasteiger partial charge is 0.319 e. The van der Waals surface area contributed by atoms with E-state index in [1.807, 2.05) is 6.07 Å². The summed E-state index contributed by atoms with van der Waals surface area (Å²) in [5, 5.41) is 24.6. The van der Waals surface area contributed by atoms with E-state index >= 15 is 4.39 Å². The lowest BCUT2D eigenvalue weighted by Gasteiger charge is -2.65. The third-order valence-corrected chi connectivity index (χ3v) is 9.60. The van der Waals surface area contributed by atoms with Crippen molar-refractivity contribution in [3.8, 4) is 0 Å². The van der Waals surface area contributed by atoms with E-state index in [4.69, 9.17) is 0 Å². The number of nitrogens with one attached hydrogen (secondary N) is 2. The number of rotatable bonds is 9. The van der Waals surface area contributed by atoms with E-state index in [0.717, 1.165) is 44.2 Å². The SMILES string of the molecule is C[C@]12CC3CC(NC(=O)Nc4ccc(CN5CCCC(C(=O)N(CCO)CCO)C5)cc4F)(C1)C[C@@](C)(C3)C2. The van der Waals surface area contributed by atoms with Gasteiger partial charge in [0.15, 0.2) is 0 Å². The van der Waals surface area contributed by atoms with Crippen molar-refractivity contribution in [2.75, 3.05) is 44.7 Å². The minimum atomic E-state index is -0.464. The van der Waals surface area contributed by atoms with E-state index in [9.17, 15) is 19.8 Å². The van der Waals surface area contributed by atoms with Gasteiger partial charge in [-0.15, -0.1) is 0 Å². The molecule has 8 nitrogen and oxygen atoms in total. The van der Waals surface area contributed by atoms with Crippen molar-refractivity contribution in [2.45, 2.75) is 77.3 Å². The van der Waals surface area contributed by atoms with Crippen LogP contribution in [-0.4, -0.2) is 76.9 Å². The van der Waals surface area contributed by atoms with Gasteiger partial charge in [0, 0.05) is 31.7 Å². The number of benzene rings is 1. The molecule has 0 spiro atoms. The molecule has 1 aliphatic heterocycles. The Morgan fingerprint density at radius 2 is 1.77 bits per heavy atom. The van der Waals surface area contributed by atoms with Crippen molar-refractivity contribution >= 4 is 17.6 Å². The molecule has 39 heavy (non-hydrogen) atoms. The van der Waals surface area contributed by atoms with Gasteiger partial charge < -0.3 is 25.7 Å². The average Bonchev–Trinajstić information content (AvgIpc) is 2.83. The van der Waals surface area contributed by atoms with E-state index in [1.54, 1.807) is 6.07 Å². The van der Waals surface area contributed by atoms with E-state index in [2.05, 4.69) is 29.4 Å². The molecule has 4 aliphatic carbocycles. The van der Waals surface area contributed by atoms with Crippen LogP contribution in [0.5, 0.6) is 0 Å². The van der Waals surface area contributed by atoms with E-state index in [1.165, 1.54) is 30.2 Å². The molecule has 1 saturated heterocycles. The minimum Gasteiger partial charge on any atom is -0.395 e. The molecule has 5 aliphatic rings. The number of halogens is 1. The molecular weight excluding hydrogens is 499 g/mol. The first-order valence-corrected chi connectivity index (χ1v) is 14.6. The number of amides is 3. The fourth-order valence-electron chi connectivity index (χ4n) is 9.23. The molecule has 0 radical (unpaired) electrons. The molecule has 1 aromatic rings. The van der Waals surface area contributed by atoms with Crippen LogP contribution in [0, 0.1) is 28.5 Å². The molecule has 5 atom stereocenters. The molecule has 9 heteroatoms. The maximum Gasteiger partial charge on any atom is 0.319 e. The summed E-state index contributed by atoms with van der Waals surface area (Å²) in [7, 11) is 0. The van der Waals surface area contributed by atoms with Crippen LogP contribution in [0.4, 0.5) is 14.9 Å². The number of nitrogens with zero attached hydrogens (tertiary/aromatic N) is 2.